The normalized spacial score (nSPS) is 18.8. The Morgan fingerprint density at radius 1 is 1.37 bits per heavy atom. The number of esters is 1. The number of hydrogen-bond donors (Lipinski definition) is 0. The second-order valence-corrected chi connectivity index (χ2v) is 5.78. The summed E-state index contributed by atoms with van der Waals surface area (Å²) in [7, 11) is 5.57. The molecule has 2 rings (SSSR count). The number of benzene rings is 1. The van der Waals surface area contributed by atoms with Crippen LogP contribution in [0.1, 0.15) is 36.4 Å². The average Bonchev–Trinajstić information content (AvgIpc) is 2.32. The van der Waals surface area contributed by atoms with Gasteiger partial charge in [-0.05, 0) is 39.4 Å². The monoisotopic (exact) mass is 261 g/mol. The molecule has 0 aromatic heterocycles. The molecule has 1 atom stereocenters. The Kier molecular flexibility index (Phi) is 3.95. The van der Waals surface area contributed by atoms with Crippen molar-refractivity contribution in [3.8, 4) is 0 Å². The predicted octanol–water partition coefficient (Wildman–Crippen LogP) is 2.94. The van der Waals surface area contributed by atoms with E-state index in [4.69, 9.17) is 4.74 Å². The zero-order valence-corrected chi connectivity index (χ0v) is 12.3. The molecule has 3 heteroatoms. The summed E-state index contributed by atoms with van der Waals surface area (Å²) < 4.78 is 5.07. The van der Waals surface area contributed by atoms with Crippen LogP contribution >= 0.6 is 0 Å². The van der Waals surface area contributed by atoms with E-state index in [1.165, 1.54) is 18.2 Å². The Hall–Kier alpha value is -1.35. The molecule has 104 valence electrons. The van der Waals surface area contributed by atoms with Crippen molar-refractivity contribution in [1.82, 2.24) is 4.90 Å². The Balaban J connectivity index is 2.42. The maximum atomic E-state index is 12.3. The van der Waals surface area contributed by atoms with E-state index in [0.29, 0.717) is 0 Å². The summed E-state index contributed by atoms with van der Waals surface area (Å²) in [5, 5.41) is 0. The van der Waals surface area contributed by atoms with Crippen molar-refractivity contribution in [3.05, 3.63) is 35.4 Å². The van der Waals surface area contributed by atoms with Gasteiger partial charge in [-0.2, -0.15) is 0 Å². The van der Waals surface area contributed by atoms with Crippen molar-refractivity contribution in [2.45, 2.75) is 32.2 Å². The van der Waals surface area contributed by atoms with Crippen LogP contribution in [0.25, 0.3) is 0 Å². The molecule has 0 amide bonds. The summed E-state index contributed by atoms with van der Waals surface area (Å²) in [6.07, 6.45) is 2.93. The molecule has 1 fully saturated rings. The second kappa shape index (κ2) is 5.33. The van der Waals surface area contributed by atoms with Crippen LogP contribution < -0.4 is 0 Å². The molecule has 19 heavy (non-hydrogen) atoms. The molecule has 0 radical (unpaired) electrons. The lowest BCUT2D eigenvalue weighted by molar-refractivity contribution is -0.165. The Bertz CT molecular complexity index is 464. The summed E-state index contributed by atoms with van der Waals surface area (Å²) in [5.74, 6) is -0.0704. The highest BCUT2D eigenvalue weighted by Gasteiger charge is 2.52. The van der Waals surface area contributed by atoms with Gasteiger partial charge in [-0.15, -0.1) is 0 Å². The maximum absolute atomic E-state index is 12.3. The fraction of sp³-hybridized carbons (Fsp3) is 0.562. The molecule has 1 aliphatic rings. The molecule has 0 heterocycles. The molecule has 0 spiro atoms. The van der Waals surface area contributed by atoms with Gasteiger partial charge in [0.05, 0.1) is 18.6 Å². The van der Waals surface area contributed by atoms with Gasteiger partial charge >= 0.3 is 5.97 Å². The first-order valence-corrected chi connectivity index (χ1v) is 6.82. The standard InChI is InChI=1S/C16H23NO2/c1-12-7-5-8-13(11-12)14(17(2)3)16(9-6-10-16)15(18)19-4/h5,7-8,11,14H,6,9-10H2,1-4H3. The van der Waals surface area contributed by atoms with Crippen LogP contribution in [0.2, 0.25) is 0 Å². The average molecular weight is 261 g/mol. The largest absolute Gasteiger partial charge is 0.469 e. The topological polar surface area (TPSA) is 29.5 Å². The maximum Gasteiger partial charge on any atom is 0.313 e. The van der Waals surface area contributed by atoms with E-state index < -0.39 is 0 Å². The zero-order valence-electron chi connectivity index (χ0n) is 12.3. The lowest BCUT2D eigenvalue weighted by Gasteiger charge is -2.47. The molecule has 1 saturated carbocycles. The van der Waals surface area contributed by atoms with Gasteiger partial charge in [-0.1, -0.05) is 36.2 Å². The highest BCUT2D eigenvalue weighted by atomic mass is 16.5. The first-order valence-electron chi connectivity index (χ1n) is 6.82. The van der Waals surface area contributed by atoms with Crippen LogP contribution in [0.15, 0.2) is 24.3 Å². The molecule has 3 nitrogen and oxygen atoms in total. The smallest absolute Gasteiger partial charge is 0.313 e. The van der Waals surface area contributed by atoms with Crippen molar-refractivity contribution in [2.75, 3.05) is 21.2 Å². The van der Waals surface area contributed by atoms with Crippen molar-refractivity contribution >= 4 is 5.97 Å². The van der Waals surface area contributed by atoms with Crippen LogP contribution in [0.3, 0.4) is 0 Å². The summed E-state index contributed by atoms with van der Waals surface area (Å²) in [6.45, 7) is 2.09. The van der Waals surface area contributed by atoms with E-state index in [0.717, 1.165) is 19.3 Å². The number of methoxy groups -OCH3 is 1. The second-order valence-electron chi connectivity index (χ2n) is 5.78. The van der Waals surface area contributed by atoms with Crippen LogP contribution in [0.5, 0.6) is 0 Å². The van der Waals surface area contributed by atoms with E-state index in [-0.39, 0.29) is 17.4 Å². The predicted molar refractivity (Wildman–Crippen MR) is 75.9 cm³/mol. The first-order chi connectivity index (χ1) is 9.01. The third-order valence-electron chi connectivity index (χ3n) is 4.24. The van der Waals surface area contributed by atoms with Gasteiger partial charge in [0.25, 0.3) is 0 Å². The van der Waals surface area contributed by atoms with E-state index in [9.17, 15) is 4.79 Å². The van der Waals surface area contributed by atoms with E-state index in [1.54, 1.807) is 0 Å². The third kappa shape index (κ3) is 2.39. The van der Waals surface area contributed by atoms with E-state index in [1.807, 2.05) is 14.1 Å². The van der Waals surface area contributed by atoms with Gasteiger partial charge in [0.2, 0.25) is 0 Å². The van der Waals surface area contributed by atoms with Gasteiger partial charge in [-0.25, -0.2) is 0 Å². The van der Waals surface area contributed by atoms with Crippen molar-refractivity contribution in [2.24, 2.45) is 5.41 Å². The molecule has 0 bridgehead atoms. The fourth-order valence-electron chi connectivity index (χ4n) is 3.30. The number of hydrogen-bond acceptors (Lipinski definition) is 3. The number of carbonyl (C=O) groups is 1. The summed E-state index contributed by atoms with van der Waals surface area (Å²) in [5.41, 5.74) is 2.06. The Labute approximate surface area is 115 Å². The van der Waals surface area contributed by atoms with Gasteiger partial charge in [-0.3, -0.25) is 4.79 Å². The van der Waals surface area contributed by atoms with E-state index in [2.05, 4.69) is 36.1 Å². The third-order valence-corrected chi connectivity index (χ3v) is 4.24. The van der Waals surface area contributed by atoms with Crippen molar-refractivity contribution < 1.29 is 9.53 Å². The molecule has 1 unspecified atom stereocenters. The van der Waals surface area contributed by atoms with Crippen LogP contribution in [-0.2, 0) is 9.53 Å². The van der Waals surface area contributed by atoms with Crippen molar-refractivity contribution in [3.63, 3.8) is 0 Å². The van der Waals surface area contributed by atoms with E-state index >= 15 is 0 Å². The lowest BCUT2D eigenvalue weighted by Crippen LogP contribution is -2.48. The quantitative estimate of drug-likeness (QED) is 0.780. The van der Waals surface area contributed by atoms with Crippen LogP contribution in [-0.4, -0.2) is 32.1 Å². The molecular formula is C16H23NO2. The summed E-state index contributed by atoms with van der Waals surface area (Å²) in [6, 6.07) is 8.52. The molecule has 0 N–H and O–H groups in total. The highest BCUT2D eigenvalue weighted by molar-refractivity contribution is 5.79. The summed E-state index contributed by atoms with van der Waals surface area (Å²) >= 11 is 0. The van der Waals surface area contributed by atoms with Gasteiger partial charge in [0.15, 0.2) is 0 Å². The minimum atomic E-state index is -0.369. The van der Waals surface area contributed by atoms with Gasteiger partial charge < -0.3 is 9.64 Å². The number of ether oxygens (including phenoxy) is 1. The van der Waals surface area contributed by atoms with Crippen LogP contribution in [0.4, 0.5) is 0 Å². The SMILES string of the molecule is COC(=O)C1(C(c2cccc(C)c2)N(C)C)CCC1. The zero-order chi connectivity index (χ0) is 14.0. The minimum Gasteiger partial charge on any atom is -0.469 e. The number of carbonyl (C=O) groups excluding carboxylic acids is 1. The minimum absolute atomic E-state index is 0.0704. The van der Waals surface area contributed by atoms with Gasteiger partial charge in [0, 0.05) is 0 Å². The first kappa shape index (κ1) is 14.1. The highest BCUT2D eigenvalue weighted by Crippen LogP contribution is 2.53. The number of nitrogens with zero attached hydrogens (tertiary/aromatic N) is 1. The molecule has 0 saturated heterocycles. The summed E-state index contributed by atoms with van der Waals surface area (Å²) in [4.78, 5) is 14.4. The molecule has 0 aliphatic heterocycles. The molecule has 1 aromatic rings. The Morgan fingerprint density at radius 3 is 2.47 bits per heavy atom. The van der Waals surface area contributed by atoms with Crippen LogP contribution in [0, 0.1) is 12.3 Å². The van der Waals surface area contributed by atoms with Crippen molar-refractivity contribution in [1.29, 1.82) is 0 Å². The molecule has 1 aliphatic carbocycles. The number of rotatable bonds is 4. The molecule has 1 aromatic carbocycles. The van der Waals surface area contributed by atoms with Gasteiger partial charge in [0.1, 0.15) is 0 Å². The number of aryl methyl sites for hydroxylation is 1. The Morgan fingerprint density at radius 2 is 2.05 bits per heavy atom. The fourth-order valence-corrected chi connectivity index (χ4v) is 3.30. The lowest BCUT2D eigenvalue weighted by atomic mass is 9.62. The molecular weight excluding hydrogens is 238 g/mol.